The molecule has 0 unspecified atom stereocenters. The zero-order valence-electron chi connectivity index (χ0n) is 14.2. The molecule has 2 aromatic rings. The molecule has 0 bridgehead atoms. The molecule has 0 heterocycles. The Hall–Kier alpha value is -2.08. The molecule has 2 rings (SSSR count). The molecule has 27 heavy (non-hydrogen) atoms. The summed E-state index contributed by atoms with van der Waals surface area (Å²) in [6, 6.07) is 9.73. The van der Waals surface area contributed by atoms with E-state index in [4.69, 9.17) is 10.2 Å². The van der Waals surface area contributed by atoms with Gasteiger partial charge < -0.3 is 5.11 Å². The van der Waals surface area contributed by atoms with Crippen molar-refractivity contribution in [1.29, 1.82) is 0 Å². The van der Waals surface area contributed by atoms with E-state index in [1.807, 2.05) is 6.92 Å². The lowest BCUT2D eigenvalue weighted by molar-refractivity contribution is -0.136. The third-order valence-electron chi connectivity index (χ3n) is 3.40. The number of aliphatic carboxylic acids is 1. The lowest BCUT2D eigenvalue weighted by Gasteiger charge is -2.13. The summed E-state index contributed by atoms with van der Waals surface area (Å²) in [5, 5.41) is 13.8. The Balaban J connectivity index is 2.34. The second-order valence-corrected chi connectivity index (χ2v) is 10.00. The number of rotatable bonds is 8. The van der Waals surface area contributed by atoms with Crippen LogP contribution in [0.15, 0.2) is 57.2 Å². The molecule has 0 saturated heterocycles. The van der Waals surface area contributed by atoms with Crippen molar-refractivity contribution in [3.8, 4) is 0 Å². The quantitative estimate of drug-likeness (QED) is 0.543. The lowest BCUT2D eigenvalue weighted by atomic mass is 10.2. The molecule has 0 radical (unpaired) electrons. The topological polar surface area (TPSA) is 144 Å². The summed E-state index contributed by atoms with van der Waals surface area (Å²) in [6.07, 6.45) is -0.0683. The van der Waals surface area contributed by atoms with Crippen molar-refractivity contribution < 1.29 is 26.7 Å². The highest BCUT2D eigenvalue weighted by Crippen LogP contribution is 2.31. The van der Waals surface area contributed by atoms with E-state index < -0.39 is 26.0 Å². The van der Waals surface area contributed by atoms with Gasteiger partial charge >= 0.3 is 5.97 Å². The molecule has 4 N–H and O–H groups in total. The standard InChI is InChI=1S/C16H18N2O6S3/c1-11-5-6-14(15(9-11)25-8-7-16(19)20)18-27(23,24)13-4-2-3-12(10-13)26(17,21)22/h2-6,9-10,18H,7-8H2,1H3,(H,19,20)(H2,17,21,22). The predicted molar refractivity (Wildman–Crippen MR) is 103 cm³/mol. The van der Waals surface area contributed by atoms with Crippen molar-refractivity contribution in [3.05, 3.63) is 48.0 Å². The van der Waals surface area contributed by atoms with Crippen molar-refractivity contribution in [2.45, 2.75) is 28.0 Å². The van der Waals surface area contributed by atoms with E-state index in [0.717, 1.165) is 11.6 Å². The Kier molecular flexibility index (Phi) is 6.52. The number of carbonyl (C=O) groups is 1. The molecule has 2 aromatic carbocycles. The number of hydrogen-bond acceptors (Lipinski definition) is 6. The number of sulfonamides is 2. The van der Waals surface area contributed by atoms with Gasteiger partial charge in [-0.25, -0.2) is 22.0 Å². The molecule has 0 fully saturated rings. The highest BCUT2D eigenvalue weighted by atomic mass is 32.2. The van der Waals surface area contributed by atoms with Crippen LogP contribution in [-0.4, -0.2) is 33.7 Å². The summed E-state index contributed by atoms with van der Waals surface area (Å²) in [5.74, 6) is -0.675. The van der Waals surface area contributed by atoms with Crippen molar-refractivity contribution in [2.75, 3.05) is 10.5 Å². The molecule has 0 aliphatic heterocycles. The molecule has 0 spiro atoms. The highest BCUT2D eigenvalue weighted by Gasteiger charge is 2.19. The van der Waals surface area contributed by atoms with Crippen molar-refractivity contribution in [3.63, 3.8) is 0 Å². The number of hydrogen-bond donors (Lipinski definition) is 3. The number of nitrogens with one attached hydrogen (secondary N) is 1. The van der Waals surface area contributed by atoms with Gasteiger partial charge in [-0.1, -0.05) is 12.1 Å². The van der Waals surface area contributed by atoms with Gasteiger partial charge in [0.1, 0.15) is 0 Å². The van der Waals surface area contributed by atoms with E-state index in [-0.39, 0.29) is 27.7 Å². The average molecular weight is 431 g/mol. The first-order valence-electron chi connectivity index (χ1n) is 7.60. The van der Waals surface area contributed by atoms with Gasteiger partial charge in [-0.2, -0.15) is 0 Å². The van der Waals surface area contributed by atoms with Crippen molar-refractivity contribution >= 4 is 43.5 Å². The van der Waals surface area contributed by atoms with Crippen LogP contribution < -0.4 is 9.86 Å². The van der Waals surface area contributed by atoms with Crippen molar-refractivity contribution in [1.82, 2.24) is 0 Å². The van der Waals surface area contributed by atoms with Gasteiger partial charge in [-0.15, -0.1) is 11.8 Å². The minimum Gasteiger partial charge on any atom is -0.481 e. The fourth-order valence-electron chi connectivity index (χ4n) is 2.10. The van der Waals surface area contributed by atoms with Gasteiger partial charge in [0.25, 0.3) is 10.0 Å². The number of carboxylic acids is 1. The zero-order valence-corrected chi connectivity index (χ0v) is 16.7. The van der Waals surface area contributed by atoms with Crippen LogP contribution in [0.25, 0.3) is 0 Å². The molecular formula is C16H18N2O6S3. The molecule has 0 atom stereocenters. The average Bonchev–Trinajstić information content (AvgIpc) is 2.56. The normalized spacial score (nSPS) is 11.9. The molecule has 0 aliphatic rings. The van der Waals surface area contributed by atoms with Gasteiger partial charge in [0, 0.05) is 10.6 Å². The van der Waals surface area contributed by atoms with E-state index in [0.29, 0.717) is 4.90 Å². The van der Waals surface area contributed by atoms with E-state index in [1.54, 1.807) is 18.2 Å². The first-order chi connectivity index (χ1) is 12.5. The van der Waals surface area contributed by atoms with E-state index >= 15 is 0 Å². The van der Waals surface area contributed by atoms with Crippen molar-refractivity contribution in [2.24, 2.45) is 5.14 Å². The minimum absolute atomic E-state index is 0.0683. The number of primary sulfonamides is 1. The molecule has 146 valence electrons. The van der Waals surface area contributed by atoms with Gasteiger partial charge in [-0.3, -0.25) is 9.52 Å². The number of anilines is 1. The Morgan fingerprint density at radius 3 is 2.41 bits per heavy atom. The van der Waals surface area contributed by atoms with E-state index in [2.05, 4.69) is 4.72 Å². The summed E-state index contributed by atoms with van der Waals surface area (Å²) >= 11 is 1.21. The summed E-state index contributed by atoms with van der Waals surface area (Å²) in [7, 11) is -8.12. The summed E-state index contributed by atoms with van der Waals surface area (Å²) in [6.45, 7) is 1.83. The van der Waals surface area contributed by atoms with Crippen LogP contribution in [0.4, 0.5) is 5.69 Å². The predicted octanol–water partition coefficient (Wildman–Crippen LogP) is 2.01. The van der Waals surface area contributed by atoms with E-state index in [9.17, 15) is 21.6 Å². The van der Waals surface area contributed by atoms with Crippen LogP contribution in [0, 0.1) is 6.92 Å². The fraction of sp³-hybridized carbons (Fsp3) is 0.188. The first kappa shape index (κ1) is 21.2. The molecule has 0 saturated carbocycles. The maximum atomic E-state index is 12.6. The third-order valence-corrected chi connectivity index (χ3v) is 6.73. The lowest BCUT2D eigenvalue weighted by Crippen LogP contribution is -2.16. The summed E-state index contributed by atoms with van der Waals surface area (Å²) in [4.78, 5) is 10.7. The smallest absolute Gasteiger partial charge is 0.304 e. The van der Waals surface area contributed by atoms with E-state index in [1.165, 1.54) is 30.0 Å². The molecule has 0 aliphatic carbocycles. The Morgan fingerprint density at radius 2 is 1.78 bits per heavy atom. The second kappa shape index (κ2) is 8.30. The van der Waals surface area contributed by atoms with Crippen LogP contribution in [0.2, 0.25) is 0 Å². The maximum absolute atomic E-state index is 12.6. The molecule has 0 aromatic heterocycles. The Labute approximate surface area is 161 Å². The Bertz CT molecular complexity index is 1070. The largest absolute Gasteiger partial charge is 0.481 e. The monoisotopic (exact) mass is 430 g/mol. The van der Waals surface area contributed by atoms with Crippen LogP contribution in [0.3, 0.4) is 0 Å². The maximum Gasteiger partial charge on any atom is 0.304 e. The van der Waals surface area contributed by atoms with Gasteiger partial charge in [0.05, 0.1) is 21.9 Å². The zero-order chi connectivity index (χ0) is 20.2. The molecule has 8 nitrogen and oxygen atoms in total. The van der Waals surface area contributed by atoms with Crippen LogP contribution >= 0.6 is 11.8 Å². The summed E-state index contributed by atoms with van der Waals surface area (Å²) in [5.41, 5.74) is 1.16. The summed E-state index contributed by atoms with van der Waals surface area (Å²) < 4.78 is 50.6. The first-order valence-corrected chi connectivity index (χ1v) is 11.6. The number of thioether (sulfide) groups is 1. The van der Waals surface area contributed by atoms with Gasteiger partial charge in [-0.05, 0) is 42.8 Å². The molecule has 0 amide bonds. The second-order valence-electron chi connectivity index (χ2n) is 5.62. The highest BCUT2D eigenvalue weighted by molar-refractivity contribution is 7.99. The number of benzene rings is 2. The fourth-order valence-corrected chi connectivity index (χ4v) is 4.97. The minimum atomic E-state index is -4.07. The SMILES string of the molecule is Cc1ccc(NS(=O)(=O)c2cccc(S(N)(=O)=O)c2)c(SCCC(=O)O)c1. The van der Waals surface area contributed by atoms with Crippen LogP contribution in [-0.2, 0) is 24.8 Å². The third kappa shape index (κ3) is 5.96. The number of aryl methyl sites for hydroxylation is 1. The number of carboxylic acid groups (broad SMARTS) is 1. The van der Waals surface area contributed by atoms with Gasteiger partial charge in [0.15, 0.2) is 0 Å². The number of nitrogens with two attached hydrogens (primary N) is 1. The Morgan fingerprint density at radius 1 is 1.11 bits per heavy atom. The van der Waals surface area contributed by atoms with Crippen LogP contribution in [0.1, 0.15) is 12.0 Å². The van der Waals surface area contributed by atoms with Crippen LogP contribution in [0.5, 0.6) is 0 Å². The van der Waals surface area contributed by atoms with Gasteiger partial charge in [0.2, 0.25) is 10.0 Å². The molecular weight excluding hydrogens is 412 g/mol. The molecule has 11 heteroatoms.